The van der Waals surface area contributed by atoms with Crippen LogP contribution in [0.25, 0.3) is 0 Å². The molecule has 0 saturated carbocycles. The molecule has 2 nitrogen and oxygen atoms in total. The molecule has 1 fully saturated rings. The van der Waals surface area contributed by atoms with Crippen LogP contribution in [0.1, 0.15) is 53.4 Å². The number of likely N-dealkylation sites (tertiary alicyclic amines) is 1. The predicted octanol–water partition coefficient (Wildman–Crippen LogP) is 2.87. The minimum absolute atomic E-state index is 0.352. The van der Waals surface area contributed by atoms with Crippen LogP contribution < -0.4 is 5.73 Å². The molecule has 0 bridgehead atoms. The molecular weight excluding hydrogens is 196 g/mol. The van der Waals surface area contributed by atoms with Crippen LogP contribution in [0.2, 0.25) is 0 Å². The van der Waals surface area contributed by atoms with Gasteiger partial charge in [0.2, 0.25) is 0 Å². The van der Waals surface area contributed by atoms with E-state index in [-0.39, 0.29) is 0 Å². The molecule has 1 saturated heterocycles. The first-order chi connectivity index (χ1) is 7.56. The van der Waals surface area contributed by atoms with Crippen molar-refractivity contribution in [2.24, 2.45) is 17.1 Å². The summed E-state index contributed by atoms with van der Waals surface area (Å²) in [5.74, 6) is 0.861. The SMILES string of the molecule is CCC(CC)(CN)CN1CC(C)CCC1C. The standard InChI is InChI=1S/C14H30N2/c1-5-14(6-2,10-15)11-16-9-12(3)7-8-13(16)4/h12-13H,5-11,15H2,1-4H3. The van der Waals surface area contributed by atoms with Gasteiger partial charge in [-0.1, -0.05) is 20.8 Å². The Hall–Kier alpha value is -0.0800. The van der Waals surface area contributed by atoms with E-state index in [9.17, 15) is 0 Å². The lowest BCUT2D eigenvalue weighted by Crippen LogP contribution is -2.49. The Labute approximate surface area is 102 Å². The van der Waals surface area contributed by atoms with Crippen molar-refractivity contribution in [3.63, 3.8) is 0 Å². The lowest BCUT2D eigenvalue weighted by Gasteiger charge is -2.43. The molecule has 0 aromatic rings. The van der Waals surface area contributed by atoms with Crippen molar-refractivity contribution in [2.45, 2.75) is 59.4 Å². The van der Waals surface area contributed by atoms with Crippen LogP contribution in [0.15, 0.2) is 0 Å². The van der Waals surface area contributed by atoms with Gasteiger partial charge >= 0.3 is 0 Å². The molecule has 1 rings (SSSR count). The molecule has 96 valence electrons. The second-order valence-electron chi connectivity index (χ2n) is 5.87. The Morgan fingerprint density at radius 3 is 2.31 bits per heavy atom. The van der Waals surface area contributed by atoms with E-state index in [1.54, 1.807) is 0 Å². The summed E-state index contributed by atoms with van der Waals surface area (Å²) in [6, 6.07) is 0.750. The number of hydrogen-bond donors (Lipinski definition) is 1. The van der Waals surface area contributed by atoms with E-state index in [0.717, 1.165) is 18.5 Å². The molecule has 0 aromatic heterocycles. The maximum Gasteiger partial charge on any atom is 0.00673 e. The molecule has 2 N–H and O–H groups in total. The van der Waals surface area contributed by atoms with Crippen LogP contribution in [-0.2, 0) is 0 Å². The molecule has 0 aromatic carbocycles. The highest BCUT2D eigenvalue weighted by Gasteiger charge is 2.31. The maximum atomic E-state index is 6.00. The fourth-order valence-corrected chi connectivity index (χ4v) is 2.86. The van der Waals surface area contributed by atoms with Gasteiger partial charge in [0.05, 0.1) is 0 Å². The van der Waals surface area contributed by atoms with Crippen LogP contribution in [0.5, 0.6) is 0 Å². The fourth-order valence-electron chi connectivity index (χ4n) is 2.86. The van der Waals surface area contributed by atoms with Crippen molar-refractivity contribution >= 4 is 0 Å². The molecule has 1 heterocycles. The van der Waals surface area contributed by atoms with Gasteiger partial charge in [0.15, 0.2) is 0 Å². The molecule has 0 aliphatic carbocycles. The monoisotopic (exact) mass is 226 g/mol. The normalized spacial score (nSPS) is 28.3. The van der Waals surface area contributed by atoms with Crippen LogP contribution >= 0.6 is 0 Å². The predicted molar refractivity (Wildman–Crippen MR) is 71.5 cm³/mol. The van der Waals surface area contributed by atoms with Crippen molar-refractivity contribution in [1.82, 2.24) is 4.90 Å². The summed E-state index contributed by atoms with van der Waals surface area (Å²) >= 11 is 0. The fraction of sp³-hybridized carbons (Fsp3) is 1.00. The Bertz CT molecular complexity index is 191. The summed E-state index contributed by atoms with van der Waals surface area (Å²) in [7, 11) is 0. The summed E-state index contributed by atoms with van der Waals surface area (Å²) < 4.78 is 0. The van der Waals surface area contributed by atoms with Crippen molar-refractivity contribution < 1.29 is 0 Å². The molecule has 2 unspecified atom stereocenters. The summed E-state index contributed by atoms with van der Waals surface area (Å²) in [5, 5.41) is 0. The summed E-state index contributed by atoms with van der Waals surface area (Å²) in [4.78, 5) is 2.67. The van der Waals surface area contributed by atoms with Crippen LogP contribution in [-0.4, -0.2) is 30.6 Å². The average Bonchev–Trinajstić information content (AvgIpc) is 2.31. The highest BCUT2D eigenvalue weighted by molar-refractivity contribution is 4.86. The number of nitrogens with two attached hydrogens (primary N) is 1. The van der Waals surface area contributed by atoms with E-state index in [1.165, 1.54) is 38.8 Å². The van der Waals surface area contributed by atoms with E-state index < -0.39 is 0 Å². The molecule has 0 radical (unpaired) electrons. The van der Waals surface area contributed by atoms with Crippen LogP contribution in [0.3, 0.4) is 0 Å². The van der Waals surface area contributed by atoms with E-state index in [0.29, 0.717) is 5.41 Å². The van der Waals surface area contributed by atoms with E-state index in [2.05, 4.69) is 32.6 Å². The number of rotatable bonds is 5. The topological polar surface area (TPSA) is 29.3 Å². The van der Waals surface area contributed by atoms with Gasteiger partial charge < -0.3 is 5.73 Å². The molecule has 0 spiro atoms. The zero-order chi connectivity index (χ0) is 12.2. The molecule has 16 heavy (non-hydrogen) atoms. The third-order valence-corrected chi connectivity index (χ3v) is 4.72. The minimum atomic E-state index is 0.352. The minimum Gasteiger partial charge on any atom is -0.330 e. The lowest BCUT2D eigenvalue weighted by atomic mass is 9.80. The van der Waals surface area contributed by atoms with Gasteiger partial charge in [-0.05, 0) is 50.5 Å². The lowest BCUT2D eigenvalue weighted by molar-refractivity contribution is 0.0648. The molecule has 0 amide bonds. The Morgan fingerprint density at radius 1 is 1.19 bits per heavy atom. The van der Waals surface area contributed by atoms with Gasteiger partial charge in [-0.15, -0.1) is 0 Å². The third-order valence-electron chi connectivity index (χ3n) is 4.72. The molecule has 1 aliphatic heterocycles. The molecular formula is C14H30N2. The first-order valence-electron chi connectivity index (χ1n) is 7.01. The number of nitrogens with zero attached hydrogens (tertiary/aromatic N) is 1. The van der Waals surface area contributed by atoms with Crippen molar-refractivity contribution in [2.75, 3.05) is 19.6 Å². The van der Waals surface area contributed by atoms with Gasteiger partial charge in [0.25, 0.3) is 0 Å². The van der Waals surface area contributed by atoms with Gasteiger partial charge in [0.1, 0.15) is 0 Å². The van der Waals surface area contributed by atoms with Gasteiger partial charge in [-0.2, -0.15) is 0 Å². The van der Waals surface area contributed by atoms with E-state index in [1.807, 2.05) is 0 Å². The Morgan fingerprint density at radius 2 is 1.81 bits per heavy atom. The maximum absolute atomic E-state index is 6.00. The van der Waals surface area contributed by atoms with E-state index >= 15 is 0 Å². The van der Waals surface area contributed by atoms with Crippen molar-refractivity contribution in [3.8, 4) is 0 Å². The molecule has 2 atom stereocenters. The Balaban J connectivity index is 2.62. The second-order valence-corrected chi connectivity index (χ2v) is 5.87. The highest BCUT2D eigenvalue weighted by atomic mass is 15.2. The van der Waals surface area contributed by atoms with Gasteiger partial charge in [0, 0.05) is 19.1 Å². The largest absolute Gasteiger partial charge is 0.330 e. The van der Waals surface area contributed by atoms with Crippen molar-refractivity contribution in [3.05, 3.63) is 0 Å². The first kappa shape index (κ1) is 14.0. The zero-order valence-corrected chi connectivity index (χ0v) is 11.6. The quantitative estimate of drug-likeness (QED) is 0.781. The van der Waals surface area contributed by atoms with E-state index in [4.69, 9.17) is 5.73 Å². The zero-order valence-electron chi connectivity index (χ0n) is 11.6. The van der Waals surface area contributed by atoms with Crippen molar-refractivity contribution in [1.29, 1.82) is 0 Å². The average molecular weight is 226 g/mol. The number of piperidine rings is 1. The smallest absolute Gasteiger partial charge is 0.00673 e. The van der Waals surface area contributed by atoms with Crippen LogP contribution in [0.4, 0.5) is 0 Å². The van der Waals surface area contributed by atoms with Crippen LogP contribution in [0, 0.1) is 11.3 Å². The summed E-state index contributed by atoms with van der Waals surface area (Å²) in [6.45, 7) is 12.6. The van der Waals surface area contributed by atoms with Gasteiger partial charge in [-0.3, -0.25) is 4.90 Å². The molecule has 1 aliphatic rings. The highest BCUT2D eigenvalue weighted by Crippen LogP contribution is 2.30. The second kappa shape index (κ2) is 6.02. The summed E-state index contributed by atoms with van der Waals surface area (Å²) in [6.07, 6.45) is 5.16. The third kappa shape index (κ3) is 3.21. The molecule has 2 heteroatoms. The Kier molecular flexibility index (Phi) is 5.26. The summed E-state index contributed by atoms with van der Waals surface area (Å²) in [5.41, 5.74) is 6.35. The number of hydrogen-bond acceptors (Lipinski definition) is 2. The van der Waals surface area contributed by atoms with Gasteiger partial charge in [-0.25, -0.2) is 0 Å². The first-order valence-corrected chi connectivity index (χ1v) is 7.01.